The first-order valence-corrected chi connectivity index (χ1v) is 7.59. The zero-order chi connectivity index (χ0) is 13.1. The second-order valence-corrected chi connectivity index (χ2v) is 6.05. The fourth-order valence-corrected chi connectivity index (χ4v) is 3.34. The molecule has 1 unspecified atom stereocenters. The van der Waals surface area contributed by atoms with E-state index in [0.717, 1.165) is 48.4 Å². The maximum atomic E-state index is 5.42. The van der Waals surface area contributed by atoms with E-state index in [1.165, 1.54) is 6.42 Å². The van der Waals surface area contributed by atoms with Crippen LogP contribution in [0.25, 0.3) is 10.6 Å². The van der Waals surface area contributed by atoms with Crippen molar-refractivity contribution in [2.75, 3.05) is 26.7 Å². The van der Waals surface area contributed by atoms with Gasteiger partial charge in [0.1, 0.15) is 0 Å². The van der Waals surface area contributed by atoms with Gasteiger partial charge < -0.3 is 9.84 Å². The third-order valence-electron chi connectivity index (χ3n) is 3.57. The molecule has 0 aromatic carbocycles. The molecular formula is C14H20ClN3OS. The van der Waals surface area contributed by atoms with Crippen molar-refractivity contribution in [2.45, 2.75) is 13.0 Å². The van der Waals surface area contributed by atoms with Crippen LogP contribution in [0.2, 0.25) is 0 Å². The molecule has 2 aromatic heterocycles. The summed E-state index contributed by atoms with van der Waals surface area (Å²) >= 11 is 1.68. The minimum atomic E-state index is 0. The number of rotatable bonds is 5. The molecule has 1 fully saturated rings. The van der Waals surface area contributed by atoms with Crippen molar-refractivity contribution in [3.63, 3.8) is 0 Å². The molecule has 110 valence electrons. The summed E-state index contributed by atoms with van der Waals surface area (Å²) < 4.78 is 5.42. The number of thiophene rings is 1. The molecule has 1 N–H and O–H groups in total. The van der Waals surface area contributed by atoms with Gasteiger partial charge in [0, 0.05) is 19.2 Å². The normalized spacial score (nSPS) is 19.1. The van der Waals surface area contributed by atoms with Crippen LogP contribution in [0.3, 0.4) is 0 Å². The van der Waals surface area contributed by atoms with Gasteiger partial charge >= 0.3 is 0 Å². The Kier molecular flexibility index (Phi) is 5.60. The summed E-state index contributed by atoms with van der Waals surface area (Å²) in [6, 6.07) is 6.16. The first-order chi connectivity index (χ1) is 9.35. The average molecular weight is 314 g/mol. The van der Waals surface area contributed by atoms with E-state index in [1.807, 2.05) is 13.1 Å². The van der Waals surface area contributed by atoms with Gasteiger partial charge in [0.05, 0.1) is 10.6 Å². The number of nitrogens with zero attached hydrogens (tertiary/aromatic N) is 2. The first-order valence-electron chi connectivity index (χ1n) is 6.71. The zero-order valence-corrected chi connectivity index (χ0v) is 13.2. The van der Waals surface area contributed by atoms with Crippen LogP contribution in [0.4, 0.5) is 0 Å². The van der Waals surface area contributed by atoms with Crippen molar-refractivity contribution in [3.8, 4) is 10.6 Å². The van der Waals surface area contributed by atoms with E-state index in [2.05, 4.69) is 32.9 Å². The molecule has 2 aromatic rings. The molecule has 0 spiro atoms. The molecule has 0 aliphatic carbocycles. The van der Waals surface area contributed by atoms with E-state index in [1.54, 1.807) is 11.3 Å². The SMILES string of the molecule is CNCC1CCN(Cc2cc(-c3cccs3)on2)C1.Cl. The van der Waals surface area contributed by atoms with Gasteiger partial charge in [-0.1, -0.05) is 11.2 Å². The Morgan fingerprint density at radius 2 is 2.45 bits per heavy atom. The van der Waals surface area contributed by atoms with Crippen molar-refractivity contribution in [1.82, 2.24) is 15.4 Å². The number of likely N-dealkylation sites (tertiary alicyclic amines) is 1. The van der Waals surface area contributed by atoms with Crippen LogP contribution in [0.1, 0.15) is 12.1 Å². The van der Waals surface area contributed by atoms with Gasteiger partial charge in [-0.15, -0.1) is 23.7 Å². The zero-order valence-electron chi connectivity index (χ0n) is 11.5. The van der Waals surface area contributed by atoms with Crippen molar-refractivity contribution < 1.29 is 4.52 Å². The van der Waals surface area contributed by atoms with Crippen LogP contribution < -0.4 is 5.32 Å². The maximum absolute atomic E-state index is 5.42. The highest BCUT2D eigenvalue weighted by Gasteiger charge is 2.22. The largest absolute Gasteiger partial charge is 0.355 e. The van der Waals surface area contributed by atoms with Crippen molar-refractivity contribution in [2.24, 2.45) is 5.92 Å². The van der Waals surface area contributed by atoms with Gasteiger partial charge in [-0.05, 0) is 43.9 Å². The summed E-state index contributed by atoms with van der Waals surface area (Å²) in [6.45, 7) is 4.32. The predicted molar refractivity (Wildman–Crippen MR) is 84.4 cm³/mol. The van der Waals surface area contributed by atoms with E-state index < -0.39 is 0 Å². The molecule has 0 amide bonds. The molecule has 20 heavy (non-hydrogen) atoms. The second-order valence-electron chi connectivity index (χ2n) is 5.11. The van der Waals surface area contributed by atoms with Crippen LogP contribution in [0.5, 0.6) is 0 Å². The van der Waals surface area contributed by atoms with Crippen molar-refractivity contribution in [1.29, 1.82) is 0 Å². The molecule has 1 atom stereocenters. The average Bonchev–Trinajstić information content (AvgIpc) is 3.10. The molecule has 4 nitrogen and oxygen atoms in total. The van der Waals surface area contributed by atoms with Gasteiger partial charge in [-0.3, -0.25) is 4.90 Å². The van der Waals surface area contributed by atoms with E-state index in [0.29, 0.717) is 0 Å². The minimum absolute atomic E-state index is 0. The molecule has 3 rings (SSSR count). The lowest BCUT2D eigenvalue weighted by Crippen LogP contribution is -2.24. The van der Waals surface area contributed by atoms with Crippen LogP contribution in [-0.2, 0) is 6.54 Å². The monoisotopic (exact) mass is 313 g/mol. The molecule has 1 aliphatic heterocycles. The summed E-state index contributed by atoms with van der Waals surface area (Å²) in [6.07, 6.45) is 1.27. The van der Waals surface area contributed by atoms with Gasteiger partial charge in [0.25, 0.3) is 0 Å². The Bertz CT molecular complexity index is 514. The minimum Gasteiger partial charge on any atom is -0.355 e. The Balaban J connectivity index is 0.00000147. The molecular weight excluding hydrogens is 294 g/mol. The summed E-state index contributed by atoms with van der Waals surface area (Å²) in [5.41, 5.74) is 1.04. The molecule has 3 heterocycles. The van der Waals surface area contributed by atoms with Crippen LogP contribution in [0.15, 0.2) is 28.1 Å². The number of nitrogens with one attached hydrogen (secondary N) is 1. The standard InChI is InChI=1S/C14H19N3OS.ClH/c1-15-8-11-4-5-17(9-11)10-12-7-13(18-16-12)14-3-2-6-19-14;/h2-3,6-7,11,15H,4-5,8-10H2,1H3;1H. The van der Waals surface area contributed by atoms with Gasteiger partial charge in [0.15, 0.2) is 5.76 Å². The Morgan fingerprint density at radius 1 is 1.55 bits per heavy atom. The lowest BCUT2D eigenvalue weighted by Gasteiger charge is -2.13. The van der Waals surface area contributed by atoms with E-state index in [9.17, 15) is 0 Å². The number of hydrogen-bond acceptors (Lipinski definition) is 5. The summed E-state index contributed by atoms with van der Waals surface area (Å²) in [5, 5.41) is 9.49. The molecule has 6 heteroatoms. The molecule has 0 saturated carbocycles. The highest BCUT2D eigenvalue weighted by Crippen LogP contribution is 2.26. The smallest absolute Gasteiger partial charge is 0.177 e. The van der Waals surface area contributed by atoms with Crippen LogP contribution in [0, 0.1) is 5.92 Å². The molecule has 1 aliphatic rings. The quantitative estimate of drug-likeness (QED) is 0.921. The number of aromatic nitrogens is 1. The predicted octanol–water partition coefficient (Wildman–Crippen LogP) is 2.87. The Morgan fingerprint density at radius 3 is 3.20 bits per heavy atom. The van der Waals surface area contributed by atoms with Gasteiger partial charge in [0.2, 0.25) is 0 Å². The second kappa shape index (κ2) is 7.22. The van der Waals surface area contributed by atoms with Crippen LogP contribution >= 0.6 is 23.7 Å². The van der Waals surface area contributed by atoms with E-state index in [-0.39, 0.29) is 12.4 Å². The molecule has 0 radical (unpaired) electrons. The lowest BCUT2D eigenvalue weighted by atomic mass is 10.1. The third-order valence-corrected chi connectivity index (χ3v) is 4.46. The number of halogens is 1. The fourth-order valence-electron chi connectivity index (χ4n) is 2.66. The lowest BCUT2D eigenvalue weighted by molar-refractivity contribution is 0.302. The highest BCUT2D eigenvalue weighted by atomic mass is 35.5. The first kappa shape index (κ1) is 15.5. The van der Waals surface area contributed by atoms with Crippen molar-refractivity contribution >= 4 is 23.7 Å². The summed E-state index contributed by atoms with van der Waals surface area (Å²) in [5.74, 6) is 1.66. The van der Waals surface area contributed by atoms with Crippen LogP contribution in [-0.4, -0.2) is 36.7 Å². The number of hydrogen-bond donors (Lipinski definition) is 1. The Labute approximate surface area is 129 Å². The van der Waals surface area contributed by atoms with Gasteiger partial charge in [-0.25, -0.2) is 0 Å². The molecule has 0 bridgehead atoms. The summed E-state index contributed by atoms with van der Waals surface area (Å²) in [7, 11) is 2.02. The fraction of sp³-hybridized carbons (Fsp3) is 0.500. The summed E-state index contributed by atoms with van der Waals surface area (Å²) in [4.78, 5) is 3.60. The molecule has 1 saturated heterocycles. The Hall–Kier alpha value is -0.880. The highest BCUT2D eigenvalue weighted by molar-refractivity contribution is 7.13. The maximum Gasteiger partial charge on any atom is 0.177 e. The van der Waals surface area contributed by atoms with E-state index >= 15 is 0 Å². The van der Waals surface area contributed by atoms with E-state index in [4.69, 9.17) is 4.52 Å². The van der Waals surface area contributed by atoms with Gasteiger partial charge in [-0.2, -0.15) is 0 Å². The third kappa shape index (κ3) is 3.61. The topological polar surface area (TPSA) is 41.3 Å². The van der Waals surface area contributed by atoms with Crippen molar-refractivity contribution in [3.05, 3.63) is 29.3 Å².